The van der Waals surface area contributed by atoms with E-state index >= 15 is 0 Å². The molecule has 2 rings (SSSR count). The van der Waals surface area contributed by atoms with Crippen LogP contribution >= 0.6 is 0 Å². The molecule has 0 bridgehead atoms. The van der Waals surface area contributed by atoms with Crippen LogP contribution in [-0.4, -0.2) is 23.0 Å². The molecule has 0 heterocycles. The number of aliphatic carboxylic acids is 1. The van der Waals surface area contributed by atoms with Crippen LogP contribution in [0.2, 0.25) is 0 Å². The van der Waals surface area contributed by atoms with Crippen molar-refractivity contribution < 1.29 is 14.7 Å². The number of amides is 1. The van der Waals surface area contributed by atoms with Crippen molar-refractivity contribution in [3.8, 4) is 0 Å². The van der Waals surface area contributed by atoms with E-state index in [1.165, 1.54) is 51.0 Å². The molecule has 0 spiro atoms. The Morgan fingerprint density at radius 1 is 1.07 bits per heavy atom. The van der Waals surface area contributed by atoms with E-state index in [0.29, 0.717) is 6.42 Å². The molecule has 27 heavy (non-hydrogen) atoms. The van der Waals surface area contributed by atoms with Crippen LogP contribution in [0.1, 0.15) is 70.4 Å². The lowest BCUT2D eigenvalue weighted by Crippen LogP contribution is -2.41. The van der Waals surface area contributed by atoms with E-state index in [-0.39, 0.29) is 5.91 Å². The maximum absolute atomic E-state index is 11.3. The maximum Gasteiger partial charge on any atom is 0.326 e. The second-order valence-electron chi connectivity index (χ2n) is 8.50. The van der Waals surface area contributed by atoms with Gasteiger partial charge in [0.05, 0.1) is 0 Å². The first kappa shape index (κ1) is 21.5. The monoisotopic (exact) mass is 373 g/mol. The minimum Gasteiger partial charge on any atom is -0.480 e. The lowest BCUT2D eigenvalue weighted by Gasteiger charge is -2.28. The smallest absolute Gasteiger partial charge is 0.326 e. The Labute approximate surface area is 163 Å². The van der Waals surface area contributed by atoms with Crippen molar-refractivity contribution in [2.45, 2.75) is 78.2 Å². The minimum absolute atomic E-state index is 0.312. The molecule has 1 amide bonds. The highest BCUT2D eigenvalue weighted by Gasteiger charge is 2.21. The number of hydrogen-bond acceptors (Lipinski definition) is 2. The van der Waals surface area contributed by atoms with Crippen LogP contribution in [0.15, 0.2) is 24.3 Å². The van der Waals surface area contributed by atoms with Crippen LogP contribution < -0.4 is 5.32 Å². The van der Waals surface area contributed by atoms with Crippen LogP contribution in [0, 0.1) is 17.8 Å². The SMILES string of the molecule is CC(=O)N[C@H](Cc1ccc(CCC2CC[C@H](C)CCC[C@@H]2C)cc1)C(=O)O. The summed E-state index contributed by atoms with van der Waals surface area (Å²) in [6, 6.07) is 7.34. The van der Waals surface area contributed by atoms with Gasteiger partial charge in [-0.2, -0.15) is 0 Å². The molecule has 1 aromatic carbocycles. The summed E-state index contributed by atoms with van der Waals surface area (Å²) in [6.45, 7) is 6.14. The van der Waals surface area contributed by atoms with Crippen LogP contribution in [-0.2, 0) is 22.4 Å². The van der Waals surface area contributed by atoms with Crippen molar-refractivity contribution in [2.24, 2.45) is 17.8 Å². The summed E-state index contributed by atoms with van der Waals surface area (Å²) in [6.07, 6.45) is 9.43. The number of benzene rings is 1. The molecule has 4 heteroatoms. The van der Waals surface area contributed by atoms with Gasteiger partial charge >= 0.3 is 5.97 Å². The molecule has 150 valence electrons. The fraction of sp³-hybridized carbons (Fsp3) is 0.652. The Bertz CT molecular complexity index is 611. The Morgan fingerprint density at radius 3 is 2.37 bits per heavy atom. The lowest BCUT2D eigenvalue weighted by atomic mass is 9.77. The number of carbonyl (C=O) groups is 2. The van der Waals surface area contributed by atoms with E-state index in [4.69, 9.17) is 0 Å². The summed E-state index contributed by atoms with van der Waals surface area (Å²) in [5.74, 6) is 1.17. The molecule has 1 unspecified atom stereocenters. The Hall–Kier alpha value is -1.84. The average molecular weight is 374 g/mol. The van der Waals surface area contributed by atoms with E-state index in [0.717, 1.165) is 29.7 Å². The summed E-state index contributed by atoms with van der Waals surface area (Å²) in [7, 11) is 0. The number of nitrogens with one attached hydrogen (secondary N) is 1. The van der Waals surface area contributed by atoms with Crippen molar-refractivity contribution in [1.29, 1.82) is 0 Å². The molecule has 1 aromatic rings. The molecule has 0 aromatic heterocycles. The topological polar surface area (TPSA) is 66.4 Å². The second kappa shape index (κ2) is 10.5. The fourth-order valence-electron chi connectivity index (χ4n) is 4.26. The van der Waals surface area contributed by atoms with Gasteiger partial charge in [0.1, 0.15) is 6.04 Å². The van der Waals surface area contributed by atoms with Gasteiger partial charge in [0.25, 0.3) is 0 Å². The van der Waals surface area contributed by atoms with Gasteiger partial charge in [-0.3, -0.25) is 4.79 Å². The Balaban J connectivity index is 1.89. The van der Waals surface area contributed by atoms with E-state index in [1.807, 2.05) is 12.1 Å². The lowest BCUT2D eigenvalue weighted by molar-refractivity contribution is -0.141. The van der Waals surface area contributed by atoms with Crippen molar-refractivity contribution in [1.82, 2.24) is 5.32 Å². The van der Waals surface area contributed by atoms with E-state index in [1.54, 1.807) is 0 Å². The zero-order valence-corrected chi connectivity index (χ0v) is 17.0. The Kier molecular flexibility index (Phi) is 8.33. The molecule has 4 atom stereocenters. The van der Waals surface area contributed by atoms with Gasteiger partial charge in [-0.05, 0) is 48.1 Å². The van der Waals surface area contributed by atoms with Gasteiger partial charge in [0, 0.05) is 13.3 Å². The van der Waals surface area contributed by atoms with Crippen LogP contribution in [0.4, 0.5) is 0 Å². The molecule has 4 nitrogen and oxygen atoms in total. The molecule has 2 N–H and O–H groups in total. The van der Waals surface area contributed by atoms with Gasteiger partial charge in [-0.15, -0.1) is 0 Å². The zero-order valence-electron chi connectivity index (χ0n) is 17.0. The quantitative estimate of drug-likeness (QED) is 0.734. The van der Waals surface area contributed by atoms with E-state index < -0.39 is 12.0 Å². The highest BCUT2D eigenvalue weighted by molar-refractivity contribution is 5.82. The van der Waals surface area contributed by atoms with E-state index in [2.05, 4.69) is 31.3 Å². The Morgan fingerprint density at radius 2 is 1.74 bits per heavy atom. The van der Waals surface area contributed by atoms with Crippen LogP contribution in [0.5, 0.6) is 0 Å². The van der Waals surface area contributed by atoms with Crippen LogP contribution in [0.3, 0.4) is 0 Å². The number of hydrogen-bond donors (Lipinski definition) is 2. The summed E-state index contributed by atoms with van der Waals surface area (Å²) in [4.78, 5) is 22.4. The average Bonchev–Trinajstić information content (AvgIpc) is 2.60. The van der Waals surface area contributed by atoms with Crippen molar-refractivity contribution in [3.05, 3.63) is 35.4 Å². The molecule has 0 aliphatic heterocycles. The number of carboxylic acids is 1. The van der Waals surface area contributed by atoms with Gasteiger partial charge in [-0.25, -0.2) is 4.79 Å². The van der Waals surface area contributed by atoms with Gasteiger partial charge in [-0.1, -0.05) is 63.8 Å². The second-order valence-corrected chi connectivity index (χ2v) is 8.50. The van der Waals surface area contributed by atoms with Gasteiger partial charge in [0.2, 0.25) is 5.91 Å². The van der Waals surface area contributed by atoms with E-state index in [9.17, 15) is 14.7 Å². The number of carbonyl (C=O) groups excluding carboxylic acids is 1. The predicted molar refractivity (Wildman–Crippen MR) is 109 cm³/mol. The van der Waals surface area contributed by atoms with Crippen molar-refractivity contribution in [3.63, 3.8) is 0 Å². The summed E-state index contributed by atoms with van der Waals surface area (Å²) in [5.41, 5.74) is 2.25. The molecular weight excluding hydrogens is 338 g/mol. The van der Waals surface area contributed by atoms with Crippen molar-refractivity contribution >= 4 is 11.9 Å². The third-order valence-electron chi connectivity index (χ3n) is 6.13. The molecule has 0 radical (unpaired) electrons. The summed E-state index contributed by atoms with van der Waals surface area (Å²) in [5, 5.41) is 11.7. The number of rotatable bonds is 7. The standard InChI is InChI=1S/C23H35NO3/c1-16-5-4-6-17(2)21(13-7-16)14-12-19-8-10-20(11-9-19)15-22(23(26)27)24-18(3)25/h8-11,16-17,21-22H,4-7,12-15H2,1-3H3,(H,24,25)(H,26,27)/t16-,17+,21?,22-/m1/s1. The number of carboxylic acid groups (broad SMARTS) is 1. The normalized spacial score (nSPS) is 24.5. The minimum atomic E-state index is -0.998. The molecule has 1 aliphatic rings. The summed E-state index contributed by atoms with van der Waals surface area (Å²) >= 11 is 0. The largest absolute Gasteiger partial charge is 0.480 e. The molecule has 1 saturated carbocycles. The molecule has 1 aliphatic carbocycles. The molecular formula is C23H35NO3. The maximum atomic E-state index is 11.3. The fourth-order valence-corrected chi connectivity index (χ4v) is 4.26. The van der Waals surface area contributed by atoms with Crippen LogP contribution in [0.25, 0.3) is 0 Å². The predicted octanol–water partition coefficient (Wildman–Crippen LogP) is 4.60. The molecule has 0 saturated heterocycles. The highest BCUT2D eigenvalue weighted by atomic mass is 16.4. The van der Waals surface area contributed by atoms with Gasteiger partial charge < -0.3 is 10.4 Å². The first-order valence-electron chi connectivity index (χ1n) is 10.4. The van der Waals surface area contributed by atoms with Crippen molar-refractivity contribution in [2.75, 3.05) is 0 Å². The highest BCUT2D eigenvalue weighted by Crippen LogP contribution is 2.33. The third kappa shape index (κ3) is 7.36. The van der Waals surface area contributed by atoms with Gasteiger partial charge in [0.15, 0.2) is 0 Å². The first-order chi connectivity index (χ1) is 12.8. The third-order valence-corrected chi connectivity index (χ3v) is 6.13. The zero-order chi connectivity index (χ0) is 19.8. The number of aryl methyl sites for hydroxylation is 1. The first-order valence-corrected chi connectivity index (χ1v) is 10.4. The summed E-state index contributed by atoms with van der Waals surface area (Å²) < 4.78 is 0. The molecule has 1 fully saturated rings.